The predicted octanol–water partition coefficient (Wildman–Crippen LogP) is 3.26. The fourth-order valence-electron chi connectivity index (χ4n) is 2.34. The molecule has 0 bridgehead atoms. The van der Waals surface area contributed by atoms with Crippen LogP contribution in [0.5, 0.6) is 0 Å². The molecule has 5 heteroatoms. The van der Waals surface area contributed by atoms with E-state index < -0.39 is 17.5 Å². The van der Waals surface area contributed by atoms with Crippen LogP contribution >= 0.6 is 15.9 Å². The van der Waals surface area contributed by atoms with Crippen LogP contribution in [0, 0.1) is 17.6 Å². The monoisotopic (exact) mass is 317 g/mol. The van der Waals surface area contributed by atoms with Gasteiger partial charge in [-0.25, -0.2) is 8.78 Å². The fourth-order valence-corrected chi connectivity index (χ4v) is 3.11. The van der Waals surface area contributed by atoms with Gasteiger partial charge in [-0.05, 0) is 30.9 Å². The van der Waals surface area contributed by atoms with Crippen molar-refractivity contribution in [3.63, 3.8) is 0 Å². The van der Waals surface area contributed by atoms with E-state index >= 15 is 0 Å². The van der Waals surface area contributed by atoms with Crippen molar-refractivity contribution in [1.29, 1.82) is 0 Å². The van der Waals surface area contributed by atoms with Crippen LogP contribution in [0.3, 0.4) is 0 Å². The predicted molar refractivity (Wildman–Crippen MR) is 68.7 cm³/mol. The van der Waals surface area contributed by atoms with Gasteiger partial charge in [-0.15, -0.1) is 0 Å². The van der Waals surface area contributed by atoms with E-state index in [1.54, 1.807) is 0 Å². The first-order chi connectivity index (χ1) is 8.63. The summed E-state index contributed by atoms with van der Waals surface area (Å²) < 4.78 is 26.5. The zero-order chi connectivity index (χ0) is 13.1. The molecule has 1 aliphatic carbocycles. The van der Waals surface area contributed by atoms with Crippen LogP contribution in [0.4, 0.5) is 8.78 Å². The highest BCUT2D eigenvalue weighted by Gasteiger charge is 2.28. The lowest BCUT2D eigenvalue weighted by atomic mass is 10.1. The van der Waals surface area contributed by atoms with Crippen LogP contribution in [-0.4, -0.2) is 17.3 Å². The van der Waals surface area contributed by atoms with Crippen LogP contribution in [0.25, 0.3) is 0 Å². The van der Waals surface area contributed by atoms with Crippen molar-refractivity contribution >= 4 is 21.8 Å². The minimum absolute atomic E-state index is 0.0412. The molecule has 0 spiro atoms. The van der Waals surface area contributed by atoms with E-state index in [0.29, 0.717) is 5.92 Å². The maximum atomic E-state index is 13.5. The van der Waals surface area contributed by atoms with Crippen molar-refractivity contribution in [1.82, 2.24) is 5.32 Å². The fraction of sp³-hybridized carbons (Fsp3) is 0.462. The first kappa shape index (κ1) is 13.5. The molecule has 1 aromatic rings. The molecule has 2 nitrogen and oxygen atoms in total. The van der Waals surface area contributed by atoms with Gasteiger partial charge in [0.25, 0.3) is 5.91 Å². The SMILES string of the molecule is O=C(NC1CCCC1CBr)c1cccc(F)c1F. The molecule has 2 atom stereocenters. The minimum atomic E-state index is -1.08. The van der Waals surface area contributed by atoms with E-state index in [4.69, 9.17) is 0 Å². The molecule has 1 amide bonds. The molecule has 0 aliphatic heterocycles. The Hall–Kier alpha value is -0.970. The van der Waals surface area contributed by atoms with E-state index in [9.17, 15) is 13.6 Å². The van der Waals surface area contributed by atoms with Gasteiger partial charge in [-0.1, -0.05) is 28.4 Å². The second-order valence-corrected chi connectivity index (χ2v) is 5.17. The third kappa shape index (κ3) is 2.71. The Labute approximate surface area is 113 Å². The zero-order valence-electron chi connectivity index (χ0n) is 9.76. The van der Waals surface area contributed by atoms with Gasteiger partial charge in [0.05, 0.1) is 5.56 Å². The summed E-state index contributed by atoms with van der Waals surface area (Å²) in [6.07, 6.45) is 2.98. The molecular formula is C13H14BrF2NO. The molecule has 0 heterocycles. The minimum Gasteiger partial charge on any atom is -0.349 e. The Morgan fingerprint density at radius 1 is 1.39 bits per heavy atom. The van der Waals surface area contributed by atoms with Crippen LogP contribution in [0.2, 0.25) is 0 Å². The Morgan fingerprint density at radius 2 is 2.17 bits per heavy atom. The normalized spacial score (nSPS) is 23.1. The first-order valence-corrected chi connectivity index (χ1v) is 7.06. The van der Waals surface area contributed by atoms with Crippen LogP contribution in [0.1, 0.15) is 29.6 Å². The molecule has 1 N–H and O–H groups in total. The Morgan fingerprint density at radius 3 is 2.89 bits per heavy atom. The summed E-state index contributed by atoms with van der Waals surface area (Å²) in [4.78, 5) is 11.9. The average Bonchev–Trinajstić information content (AvgIpc) is 2.79. The highest BCUT2D eigenvalue weighted by Crippen LogP contribution is 2.27. The molecule has 0 saturated heterocycles. The van der Waals surface area contributed by atoms with Gasteiger partial charge in [-0.2, -0.15) is 0 Å². The Bertz CT molecular complexity index is 453. The summed E-state index contributed by atoms with van der Waals surface area (Å²) >= 11 is 3.40. The average molecular weight is 318 g/mol. The lowest BCUT2D eigenvalue weighted by Gasteiger charge is -2.19. The second kappa shape index (κ2) is 5.78. The molecule has 0 aromatic heterocycles. The highest BCUT2D eigenvalue weighted by molar-refractivity contribution is 9.09. The molecule has 1 fully saturated rings. The number of rotatable bonds is 3. The van der Waals surface area contributed by atoms with E-state index in [-0.39, 0.29) is 11.6 Å². The molecule has 18 heavy (non-hydrogen) atoms. The third-order valence-corrected chi connectivity index (χ3v) is 4.20. The summed E-state index contributed by atoms with van der Waals surface area (Å²) in [6.45, 7) is 0. The van der Waals surface area contributed by atoms with Crippen molar-refractivity contribution < 1.29 is 13.6 Å². The first-order valence-electron chi connectivity index (χ1n) is 5.94. The van der Waals surface area contributed by atoms with Gasteiger partial charge < -0.3 is 5.32 Å². The molecule has 1 aliphatic rings. The van der Waals surface area contributed by atoms with Gasteiger partial charge in [0.2, 0.25) is 0 Å². The highest BCUT2D eigenvalue weighted by atomic mass is 79.9. The Balaban J connectivity index is 2.10. The van der Waals surface area contributed by atoms with Crippen molar-refractivity contribution in [3.8, 4) is 0 Å². The largest absolute Gasteiger partial charge is 0.349 e. The number of amides is 1. The number of hydrogen-bond acceptors (Lipinski definition) is 1. The lowest BCUT2D eigenvalue weighted by Crippen LogP contribution is -2.38. The number of alkyl halides is 1. The van der Waals surface area contributed by atoms with E-state index in [1.807, 2.05) is 0 Å². The van der Waals surface area contributed by atoms with Gasteiger partial charge >= 0.3 is 0 Å². The van der Waals surface area contributed by atoms with Crippen LogP contribution < -0.4 is 5.32 Å². The number of halogens is 3. The smallest absolute Gasteiger partial charge is 0.254 e. The number of carbonyl (C=O) groups excluding carboxylic acids is 1. The molecule has 0 radical (unpaired) electrons. The summed E-state index contributed by atoms with van der Waals surface area (Å²) in [5.41, 5.74) is -0.227. The zero-order valence-corrected chi connectivity index (χ0v) is 11.3. The van der Waals surface area contributed by atoms with E-state index in [0.717, 1.165) is 30.7 Å². The topological polar surface area (TPSA) is 29.1 Å². The summed E-state index contributed by atoms with van der Waals surface area (Å²) in [6, 6.07) is 3.68. The molecule has 2 rings (SSSR count). The lowest BCUT2D eigenvalue weighted by molar-refractivity contribution is 0.0925. The number of nitrogens with one attached hydrogen (secondary N) is 1. The van der Waals surface area contributed by atoms with Crippen LogP contribution in [-0.2, 0) is 0 Å². The van der Waals surface area contributed by atoms with Crippen molar-refractivity contribution in [2.24, 2.45) is 5.92 Å². The Kier molecular flexibility index (Phi) is 4.32. The third-order valence-electron chi connectivity index (χ3n) is 3.37. The van der Waals surface area contributed by atoms with Gasteiger partial charge in [-0.3, -0.25) is 4.79 Å². The number of hydrogen-bond donors (Lipinski definition) is 1. The maximum Gasteiger partial charge on any atom is 0.254 e. The molecule has 1 saturated carbocycles. The molecule has 1 aromatic carbocycles. The van der Waals surface area contributed by atoms with Gasteiger partial charge in [0.1, 0.15) is 0 Å². The van der Waals surface area contributed by atoms with Crippen molar-refractivity contribution in [2.45, 2.75) is 25.3 Å². The number of benzene rings is 1. The molecule has 98 valence electrons. The molecule has 2 unspecified atom stereocenters. The van der Waals surface area contributed by atoms with Crippen molar-refractivity contribution in [2.75, 3.05) is 5.33 Å². The van der Waals surface area contributed by atoms with Gasteiger partial charge in [0.15, 0.2) is 11.6 Å². The maximum absolute atomic E-state index is 13.5. The number of carbonyl (C=O) groups is 1. The summed E-state index contributed by atoms with van der Waals surface area (Å²) in [7, 11) is 0. The standard InChI is InChI=1S/C13H14BrF2NO/c14-7-8-3-1-6-11(8)17-13(18)9-4-2-5-10(15)12(9)16/h2,4-5,8,11H,1,3,6-7H2,(H,17,18). The summed E-state index contributed by atoms with van der Waals surface area (Å²) in [5.74, 6) is -2.25. The van der Waals surface area contributed by atoms with Gasteiger partial charge in [0, 0.05) is 11.4 Å². The van der Waals surface area contributed by atoms with Crippen LogP contribution in [0.15, 0.2) is 18.2 Å². The second-order valence-electron chi connectivity index (χ2n) is 4.53. The van der Waals surface area contributed by atoms with Crippen molar-refractivity contribution in [3.05, 3.63) is 35.4 Å². The quantitative estimate of drug-likeness (QED) is 0.852. The van der Waals surface area contributed by atoms with E-state index in [2.05, 4.69) is 21.2 Å². The van der Waals surface area contributed by atoms with E-state index in [1.165, 1.54) is 12.1 Å². The molecular weight excluding hydrogens is 304 g/mol. The summed E-state index contributed by atoms with van der Waals surface area (Å²) in [5, 5.41) is 3.60.